The van der Waals surface area contributed by atoms with Crippen LogP contribution >= 0.6 is 15.9 Å². The van der Waals surface area contributed by atoms with Gasteiger partial charge in [0.15, 0.2) is 0 Å². The molecule has 3 N–H and O–H groups in total. The Hall–Kier alpha value is -0.660. The first kappa shape index (κ1) is 14.7. The van der Waals surface area contributed by atoms with E-state index in [1.807, 2.05) is 0 Å². The summed E-state index contributed by atoms with van der Waals surface area (Å²) in [6.45, 7) is 0.390. The van der Waals surface area contributed by atoms with Gasteiger partial charge in [-0.25, -0.2) is 17.5 Å². The van der Waals surface area contributed by atoms with Crippen LogP contribution in [-0.2, 0) is 10.0 Å². The van der Waals surface area contributed by atoms with Gasteiger partial charge < -0.3 is 5.73 Å². The number of halogens is 2. The average molecular weight is 351 g/mol. The van der Waals surface area contributed by atoms with Gasteiger partial charge in [0.25, 0.3) is 0 Å². The lowest BCUT2D eigenvalue weighted by Crippen LogP contribution is -2.28. The second kappa shape index (κ2) is 5.76. The Bertz CT molecular complexity index is 573. The number of nitrogens with one attached hydrogen (secondary N) is 1. The van der Waals surface area contributed by atoms with Crippen molar-refractivity contribution in [2.75, 3.05) is 12.3 Å². The van der Waals surface area contributed by atoms with Crippen molar-refractivity contribution in [3.63, 3.8) is 0 Å². The van der Waals surface area contributed by atoms with E-state index in [2.05, 4.69) is 20.7 Å². The second-order valence-electron chi connectivity index (χ2n) is 4.79. The Morgan fingerprint density at radius 3 is 2.68 bits per heavy atom. The van der Waals surface area contributed by atoms with Gasteiger partial charge in [-0.15, -0.1) is 0 Å². The van der Waals surface area contributed by atoms with Crippen molar-refractivity contribution in [2.45, 2.75) is 30.6 Å². The summed E-state index contributed by atoms with van der Waals surface area (Å²) < 4.78 is 40.0. The van der Waals surface area contributed by atoms with Crippen LogP contribution in [0, 0.1) is 11.7 Å². The zero-order chi connectivity index (χ0) is 14.0. The summed E-state index contributed by atoms with van der Waals surface area (Å²) in [4.78, 5) is -0.0885. The van der Waals surface area contributed by atoms with Crippen molar-refractivity contribution in [3.8, 4) is 0 Å². The molecule has 2 rings (SSSR count). The lowest BCUT2D eigenvalue weighted by Gasteiger charge is -2.25. The minimum atomic E-state index is -3.68. The van der Waals surface area contributed by atoms with Gasteiger partial charge in [0.05, 0.1) is 10.2 Å². The molecule has 7 heteroatoms. The summed E-state index contributed by atoms with van der Waals surface area (Å²) in [6, 6.07) is 2.20. The number of anilines is 1. The van der Waals surface area contributed by atoms with E-state index in [1.165, 1.54) is 25.3 Å². The lowest BCUT2D eigenvalue weighted by atomic mass is 9.83. The maximum atomic E-state index is 13.2. The number of hydrogen-bond donors (Lipinski definition) is 2. The lowest BCUT2D eigenvalue weighted by molar-refractivity contribution is 0.297. The van der Waals surface area contributed by atoms with Crippen LogP contribution in [0.25, 0.3) is 0 Å². The van der Waals surface area contributed by atoms with Gasteiger partial charge in [-0.2, -0.15) is 0 Å². The molecule has 0 unspecified atom stereocenters. The van der Waals surface area contributed by atoms with Crippen molar-refractivity contribution >= 4 is 31.6 Å². The molecule has 4 nitrogen and oxygen atoms in total. The molecule has 1 aromatic rings. The molecule has 1 aromatic carbocycles. The van der Waals surface area contributed by atoms with Gasteiger partial charge in [0.2, 0.25) is 10.0 Å². The number of nitrogens with two attached hydrogens (primary N) is 1. The molecule has 106 valence electrons. The quantitative estimate of drug-likeness (QED) is 0.801. The molecular weight excluding hydrogens is 335 g/mol. The van der Waals surface area contributed by atoms with E-state index in [0.717, 1.165) is 12.5 Å². The van der Waals surface area contributed by atoms with Crippen LogP contribution < -0.4 is 10.5 Å². The van der Waals surface area contributed by atoms with E-state index >= 15 is 0 Å². The summed E-state index contributed by atoms with van der Waals surface area (Å²) in [5.74, 6) is 0.0471. The molecule has 1 aliphatic rings. The molecule has 0 atom stereocenters. The zero-order valence-electron chi connectivity index (χ0n) is 10.3. The van der Waals surface area contributed by atoms with Crippen molar-refractivity contribution in [1.82, 2.24) is 4.72 Å². The summed E-state index contributed by atoms with van der Waals surface area (Å²) in [6.07, 6.45) is 4.41. The van der Waals surface area contributed by atoms with E-state index in [0.29, 0.717) is 12.5 Å². The van der Waals surface area contributed by atoms with Crippen LogP contribution in [0.15, 0.2) is 21.5 Å². The topological polar surface area (TPSA) is 72.2 Å². The molecule has 0 saturated heterocycles. The van der Waals surface area contributed by atoms with Crippen molar-refractivity contribution in [3.05, 3.63) is 22.4 Å². The summed E-state index contributed by atoms with van der Waals surface area (Å²) in [7, 11) is -3.68. The molecule has 0 aromatic heterocycles. The van der Waals surface area contributed by atoms with Gasteiger partial charge in [0, 0.05) is 6.54 Å². The highest BCUT2D eigenvalue weighted by Crippen LogP contribution is 2.29. The van der Waals surface area contributed by atoms with E-state index < -0.39 is 15.8 Å². The number of benzene rings is 1. The molecule has 0 heterocycles. The van der Waals surface area contributed by atoms with E-state index in [4.69, 9.17) is 5.73 Å². The minimum Gasteiger partial charge on any atom is -0.398 e. The van der Waals surface area contributed by atoms with Crippen LogP contribution in [-0.4, -0.2) is 15.0 Å². The third-order valence-corrected chi connectivity index (χ3v) is 5.54. The Kier molecular flexibility index (Phi) is 4.47. The monoisotopic (exact) mass is 350 g/mol. The van der Waals surface area contributed by atoms with Gasteiger partial charge in [-0.3, -0.25) is 0 Å². The summed E-state index contributed by atoms with van der Waals surface area (Å²) >= 11 is 2.96. The molecular formula is C12H16BrFN2O2S. The number of nitrogen functional groups attached to an aromatic ring is 1. The highest BCUT2D eigenvalue weighted by Gasteiger charge is 2.21. The van der Waals surface area contributed by atoms with Gasteiger partial charge in [-0.05, 0) is 40.4 Å². The molecule has 19 heavy (non-hydrogen) atoms. The van der Waals surface area contributed by atoms with Crippen LogP contribution in [0.5, 0.6) is 0 Å². The predicted molar refractivity (Wildman–Crippen MR) is 75.7 cm³/mol. The van der Waals surface area contributed by atoms with E-state index in [9.17, 15) is 12.8 Å². The highest BCUT2D eigenvalue weighted by atomic mass is 79.9. The van der Waals surface area contributed by atoms with Crippen LogP contribution in [0.1, 0.15) is 25.7 Å². The molecule has 0 bridgehead atoms. The first-order valence-electron chi connectivity index (χ1n) is 6.14. The summed E-state index contributed by atoms with van der Waals surface area (Å²) in [5.41, 5.74) is 5.48. The second-order valence-corrected chi connectivity index (χ2v) is 7.38. The Morgan fingerprint density at radius 1 is 1.42 bits per heavy atom. The molecule has 1 fully saturated rings. The third kappa shape index (κ3) is 3.46. The largest absolute Gasteiger partial charge is 0.398 e. The normalized spacial score (nSPS) is 16.3. The van der Waals surface area contributed by atoms with E-state index in [-0.39, 0.29) is 15.1 Å². The van der Waals surface area contributed by atoms with Crippen molar-refractivity contribution in [2.24, 2.45) is 5.92 Å². The Morgan fingerprint density at radius 2 is 2.11 bits per heavy atom. The molecule has 0 aliphatic heterocycles. The number of hydrogen-bond acceptors (Lipinski definition) is 3. The molecule has 1 aliphatic carbocycles. The first-order chi connectivity index (χ1) is 8.90. The first-order valence-corrected chi connectivity index (χ1v) is 8.42. The van der Waals surface area contributed by atoms with Gasteiger partial charge >= 0.3 is 0 Å². The molecule has 0 radical (unpaired) electrons. The van der Waals surface area contributed by atoms with Gasteiger partial charge in [-0.1, -0.05) is 19.3 Å². The predicted octanol–water partition coefficient (Wildman–Crippen LogP) is 2.64. The Balaban J connectivity index is 2.07. The fraction of sp³-hybridized carbons (Fsp3) is 0.500. The third-order valence-electron chi connectivity index (χ3n) is 3.41. The van der Waals surface area contributed by atoms with Crippen molar-refractivity contribution in [1.29, 1.82) is 0 Å². The maximum absolute atomic E-state index is 13.2. The summed E-state index contributed by atoms with van der Waals surface area (Å²) in [5, 5.41) is 0. The molecule has 0 spiro atoms. The van der Waals surface area contributed by atoms with Crippen LogP contribution in [0.2, 0.25) is 0 Å². The van der Waals surface area contributed by atoms with Crippen LogP contribution in [0.4, 0.5) is 10.1 Å². The number of sulfonamides is 1. The average Bonchev–Trinajstić information content (AvgIpc) is 2.26. The number of rotatable bonds is 5. The minimum absolute atomic E-state index is 0.0843. The Labute approximate surface area is 120 Å². The van der Waals surface area contributed by atoms with E-state index in [1.54, 1.807) is 0 Å². The SMILES string of the molecule is Nc1cc(F)c(Br)cc1S(=O)(=O)NCCC1CCC1. The van der Waals surface area contributed by atoms with Crippen LogP contribution in [0.3, 0.4) is 0 Å². The van der Waals surface area contributed by atoms with Crippen molar-refractivity contribution < 1.29 is 12.8 Å². The fourth-order valence-corrected chi connectivity index (χ4v) is 3.71. The standard InChI is InChI=1S/C12H16BrFN2O2S/c13-9-6-12(11(15)7-10(9)14)19(17,18)16-5-4-8-2-1-3-8/h6-8,16H,1-5,15H2. The maximum Gasteiger partial charge on any atom is 0.242 e. The molecule has 0 amide bonds. The fourth-order valence-electron chi connectivity index (χ4n) is 2.03. The smallest absolute Gasteiger partial charge is 0.242 e. The highest BCUT2D eigenvalue weighted by molar-refractivity contribution is 9.10. The zero-order valence-corrected chi connectivity index (χ0v) is 12.7. The van der Waals surface area contributed by atoms with Gasteiger partial charge in [0.1, 0.15) is 10.7 Å². The molecule has 1 saturated carbocycles.